The van der Waals surface area contributed by atoms with E-state index < -0.39 is 0 Å². The van der Waals surface area contributed by atoms with Crippen LogP contribution in [0, 0.1) is 5.92 Å². The molecule has 14 heavy (non-hydrogen) atoms. The molecule has 0 bridgehead atoms. The number of aromatic nitrogens is 2. The van der Waals surface area contributed by atoms with Gasteiger partial charge in [0.25, 0.3) is 0 Å². The van der Waals surface area contributed by atoms with Gasteiger partial charge in [0, 0.05) is 18.7 Å². The Balaban J connectivity index is 1.97. The summed E-state index contributed by atoms with van der Waals surface area (Å²) in [6.07, 6.45) is 5.87. The molecule has 1 heterocycles. The minimum absolute atomic E-state index is 0.650. The van der Waals surface area contributed by atoms with Crippen LogP contribution in [0.15, 0.2) is 12.3 Å². The SMILES string of the molecule is CC(C)Cn1nccc1NC1CCC1. The molecule has 0 aliphatic heterocycles. The Morgan fingerprint density at radius 3 is 2.93 bits per heavy atom. The third-order valence-electron chi connectivity index (χ3n) is 2.71. The zero-order valence-corrected chi connectivity index (χ0v) is 9.03. The molecule has 0 unspecified atom stereocenters. The van der Waals surface area contributed by atoms with Crippen LogP contribution in [0.1, 0.15) is 33.1 Å². The van der Waals surface area contributed by atoms with E-state index in [0.717, 1.165) is 6.54 Å². The largest absolute Gasteiger partial charge is 0.368 e. The van der Waals surface area contributed by atoms with Crippen LogP contribution in [0.4, 0.5) is 5.82 Å². The molecule has 3 heteroatoms. The molecule has 3 nitrogen and oxygen atoms in total. The first-order valence-corrected chi connectivity index (χ1v) is 5.54. The number of hydrogen-bond donors (Lipinski definition) is 1. The average molecular weight is 193 g/mol. The van der Waals surface area contributed by atoms with Gasteiger partial charge in [-0.2, -0.15) is 5.10 Å². The molecule has 1 aromatic heterocycles. The summed E-state index contributed by atoms with van der Waals surface area (Å²) in [6.45, 7) is 5.44. The molecular formula is C11H19N3. The summed E-state index contributed by atoms with van der Waals surface area (Å²) < 4.78 is 2.07. The van der Waals surface area contributed by atoms with Gasteiger partial charge < -0.3 is 5.32 Å². The minimum atomic E-state index is 0.650. The number of rotatable bonds is 4. The normalized spacial score (nSPS) is 17.1. The molecule has 0 amide bonds. The molecule has 0 saturated heterocycles. The maximum Gasteiger partial charge on any atom is 0.124 e. The zero-order valence-electron chi connectivity index (χ0n) is 9.03. The van der Waals surface area contributed by atoms with E-state index in [1.807, 2.05) is 6.20 Å². The number of nitrogens with one attached hydrogen (secondary N) is 1. The van der Waals surface area contributed by atoms with Crippen molar-refractivity contribution in [2.24, 2.45) is 5.92 Å². The lowest BCUT2D eigenvalue weighted by atomic mass is 9.93. The van der Waals surface area contributed by atoms with E-state index in [1.54, 1.807) is 0 Å². The average Bonchev–Trinajstić information content (AvgIpc) is 2.44. The molecule has 1 fully saturated rings. The van der Waals surface area contributed by atoms with Gasteiger partial charge in [0.2, 0.25) is 0 Å². The van der Waals surface area contributed by atoms with Crippen molar-refractivity contribution < 1.29 is 0 Å². The Hall–Kier alpha value is -0.990. The van der Waals surface area contributed by atoms with Gasteiger partial charge in [0.15, 0.2) is 0 Å². The van der Waals surface area contributed by atoms with E-state index in [2.05, 4.69) is 35.0 Å². The van der Waals surface area contributed by atoms with Crippen LogP contribution in [-0.2, 0) is 6.54 Å². The molecule has 0 atom stereocenters. The molecule has 1 aliphatic rings. The predicted octanol–water partition coefficient (Wildman–Crippen LogP) is 2.50. The lowest BCUT2D eigenvalue weighted by molar-refractivity contribution is 0.433. The summed E-state index contributed by atoms with van der Waals surface area (Å²) in [7, 11) is 0. The highest BCUT2D eigenvalue weighted by molar-refractivity contribution is 5.35. The summed E-state index contributed by atoms with van der Waals surface area (Å²) in [5.74, 6) is 1.83. The maximum absolute atomic E-state index is 4.32. The topological polar surface area (TPSA) is 29.9 Å². The van der Waals surface area contributed by atoms with Crippen LogP contribution >= 0.6 is 0 Å². The maximum atomic E-state index is 4.32. The van der Waals surface area contributed by atoms with Crippen LogP contribution in [0.5, 0.6) is 0 Å². The molecule has 1 N–H and O–H groups in total. The van der Waals surface area contributed by atoms with E-state index in [4.69, 9.17) is 0 Å². The van der Waals surface area contributed by atoms with Gasteiger partial charge in [-0.15, -0.1) is 0 Å². The Labute approximate surface area is 85.5 Å². The zero-order chi connectivity index (χ0) is 9.97. The van der Waals surface area contributed by atoms with Crippen molar-refractivity contribution in [3.05, 3.63) is 12.3 Å². The molecule has 1 aliphatic carbocycles. The van der Waals surface area contributed by atoms with Crippen LogP contribution in [0.3, 0.4) is 0 Å². The fourth-order valence-electron chi connectivity index (χ4n) is 1.71. The van der Waals surface area contributed by atoms with E-state index in [9.17, 15) is 0 Å². The van der Waals surface area contributed by atoms with Gasteiger partial charge >= 0.3 is 0 Å². The first-order valence-electron chi connectivity index (χ1n) is 5.54. The summed E-state index contributed by atoms with van der Waals surface area (Å²) >= 11 is 0. The van der Waals surface area contributed by atoms with Crippen LogP contribution in [0.25, 0.3) is 0 Å². The van der Waals surface area contributed by atoms with Gasteiger partial charge in [0.05, 0.1) is 6.20 Å². The summed E-state index contributed by atoms with van der Waals surface area (Å²) in [5, 5.41) is 7.85. The Bertz CT molecular complexity index is 286. The predicted molar refractivity (Wildman–Crippen MR) is 58.3 cm³/mol. The van der Waals surface area contributed by atoms with Crippen LogP contribution in [0.2, 0.25) is 0 Å². The van der Waals surface area contributed by atoms with Crippen LogP contribution < -0.4 is 5.32 Å². The molecule has 0 spiro atoms. The van der Waals surface area contributed by atoms with Crippen molar-refractivity contribution in [3.63, 3.8) is 0 Å². The Morgan fingerprint density at radius 2 is 2.36 bits per heavy atom. The fourth-order valence-corrected chi connectivity index (χ4v) is 1.71. The van der Waals surface area contributed by atoms with E-state index in [-0.39, 0.29) is 0 Å². The Kier molecular flexibility index (Phi) is 2.75. The van der Waals surface area contributed by atoms with E-state index in [0.29, 0.717) is 12.0 Å². The molecule has 1 aromatic rings. The molecule has 2 rings (SSSR count). The number of hydrogen-bond acceptors (Lipinski definition) is 2. The van der Waals surface area contributed by atoms with Gasteiger partial charge in [-0.1, -0.05) is 13.8 Å². The smallest absolute Gasteiger partial charge is 0.124 e. The first kappa shape index (κ1) is 9.56. The second-order valence-electron chi connectivity index (χ2n) is 4.56. The monoisotopic (exact) mass is 193 g/mol. The second-order valence-corrected chi connectivity index (χ2v) is 4.56. The van der Waals surface area contributed by atoms with Crippen molar-refractivity contribution in [3.8, 4) is 0 Å². The van der Waals surface area contributed by atoms with Crippen molar-refractivity contribution in [1.82, 2.24) is 9.78 Å². The highest BCUT2D eigenvalue weighted by Gasteiger charge is 2.18. The molecule has 0 aromatic carbocycles. The molecule has 1 saturated carbocycles. The lowest BCUT2D eigenvalue weighted by Gasteiger charge is -2.27. The van der Waals surface area contributed by atoms with Gasteiger partial charge in [-0.3, -0.25) is 0 Å². The van der Waals surface area contributed by atoms with Crippen molar-refractivity contribution in [2.75, 3.05) is 5.32 Å². The van der Waals surface area contributed by atoms with Crippen molar-refractivity contribution in [2.45, 2.75) is 45.7 Å². The minimum Gasteiger partial charge on any atom is -0.368 e. The Morgan fingerprint density at radius 1 is 1.57 bits per heavy atom. The highest BCUT2D eigenvalue weighted by Crippen LogP contribution is 2.23. The number of nitrogens with zero attached hydrogens (tertiary/aromatic N) is 2. The third-order valence-corrected chi connectivity index (χ3v) is 2.71. The summed E-state index contributed by atoms with van der Waals surface area (Å²) in [5.41, 5.74) is 0. The van der Waals surface area contributed by atoms with E-state index in [1.165, 1.54) is 25.1 Å². The van der Waals surface area contributed by atoms with Crippen LogP contribution in [-0.4, -0.2) is 15.8 Å². The standard InChI is InChI=1S/C11H19N3/c1-9(2)8-14-11(6-7-12-14)13-10-4-3-5-10/h6-7,9-10,13H,3-5,8H2,1-2H3. The van der Waals surface area contributed by atoms with Crippen molar-refractivity contribution in [1.29, 1.82) is 0 Å². The summed E-state index contributed by atoms with van der Waals surface area (Å²) in [4.78, 5) is 0. The van der Waals surface area contributed by atoms with Gasteiger partial charge in [-0.05, 0) is 25.2 Å². The quantitative estimate of drug-likeness (QED) is 0.796. The third kappa shape index (κ3) is 2.08. The molecular weight excluding hydrogens is 174 g/mol. The van der Waals surface area contributed by atoms with E-state index >= 15 is 0 Å². The molecule has 78 valence electrons. The fraction of sp³-hybridized carbons (Fsp3) is 0.727. The molecule has 0 radical (unpaired) electrons. The van der Waals surface area contributed by atoms with Gasteiger partial charge in [-0.25, -0.2) is 4.68 Å². The lowest BCUT2D eigenvalue weighted by Crippen LogP contribution is -2.28. The first-order chi connectivity index (χ1) is 6.75. The van der Waals surface area contributed by atoms with Gasteiger partial charge in [0.1, 0.15) is 5.82 Å². The second kappa shape index (κ2) is 4.03. The number of anilines is 1. The van der Waals surface area contributed by atoms with Crippen molar-refractivity contribution >= 4 is 5.82 Å². The highest BCUT2D eigenvalue weighted by atomic mass is 15.3. The summed E-state index contributed by atoms with van der Waals surface area (Å²) in [6, 6.07) is 2.76.